The van der Waals surface area contributed by atoms with Crippen LogP contribution in [0.15, 0.2) is 59.7 Å². The number of aromatic amines is 1. The van der Waals surface area contributed by atoms with Crippen LogP contribution in [0.5, 0.6) is 0 Å². The smallest absolute Gasteiger partial charge is 0.340 e. The molecule has 3 N–H and O–H groups in total. The lowest BCUT2D eigenvalue weighted by Crippen LogP contribution is -2.27. The molecule has 1 saturated heterocycles. The predicted octanol–water partition coefficient (Wildman–Crippen LogP) is 5.52. The molecule has 5 rings (SSSR count). The lowest BCUT2D eigenvalue weighted by atomic mass is 9.86. The minimum Gasteiger partial charge on any atom is -0.340 e. The number of benzene rings is 1. The van der Waals surface area contributed by atoms with Crippen molar-refractivity contribution in [3.05, 3.63) is 82.0 Å². The van der Waals surface area contributed by atoms with E-state index in [1.54, 1.807) is 30.5 Å². The van der Waals surface area contributed by atoms with Gasteiger partial charge in [-0.1, -0.05) is 6.07 Å². The molecule has 1 aliphatic heterocycles. The number of hydrogen-bond acceptors (Lipinski definition) is 5. The zero-order valence-corrected chi connectivity index (χ0v) is 19.0. The van der Waals surface area contributed by atoms with E-state index in [1.165, 1.54) is 6.20 Å². The van der Waals surface area contributed by atoms with Crippen molar-refractivity contribution in [3.8, 4) is 11.3 Å². The average molecular weight is 480 g/mol. The van der Waals surface area contributed by atoms with Gasteiger partial charge in [0.1, 0.15) is 5.82 Å². The molecule has 1 aliphatic rings. The highest BCUT2D eigenvalue weighted by Crippen LogP contribution is 2.40. The van der Waals surface area contributed by atoms with Crippen molar-refractivity contribution in [1.82, 2.24) is 20.3 Å². The maximum absolute atomic E-state index is 14.0. The Morgan fingerprint density at radius 1 is 1.06 bits per heavy atom. The summed E-state index contributed by atoms with van der Waals surface area (Å²) < 4.78 is 42.1. The molecule has 0 radical (unpaired) electrons. The highest BCUT2D eigenvalue weighted by atomic mass is 19.4. The number of pyridine rings is 3. The van der Waals surface area contributed by atoms with Crippen molar-refractivity contribution >= 4 is 22.3 Å². The standard InChI is InChI=1S/C26H24F3N5O/c1-15-2-3-18(14-32-15)22-12-17-8-11-31-25(35)23(17)24(34-22)33-19-4-5-20(16-6-9-30-10-7-16)21(13-19)26(27,28)29/h2-5,8,11-14,16,30H,6-7,9-10H2,1H3,(H,31,35)(H,33,34). The second-order valence-electron chi connectivity index (χ2n) is 8.76. The van der Waals surface area contributed by atoms with E-state index >= 15 is 0 Å². The molecule has 180 valence electrons. The second-order valence-corrected chi connectivity index (χ2v) is 8.76. The Bertz CT molecular complexity index is 1420. The SMILES string of the molecule is Cc1ccc(-c2cc3cc[nH]c(=O)c3c(Nc3ccc(C4CCNCC4)c(C(F)(F)F)c3)n2)cn1. The summed E-state index contributed by atoms with van der Waals surface area (Å²) >= 11 is 0. The van der Waals surface area contributed by atoms with E-state index in [1.807, 2.05) is 19.1 Å². The Balaban J connectivity index is 1.60. The van der Waals surface area contributed by atoms with Crippen molar-refractivity contribution in [2.75, 3.05) is 18.4 Å². The molecule has 0 aliphatic carbocycles. The van der Waals surface area contributed by atoms with Gasteiger partial charge in [0.2, 0.25) is 0 Å². The molecule has 1 fully saturated rings. The van der Waals surface area contributed by atoms with Crippen LogP contribution in [0.3, 0.4) is 0 Å². The highest BCUT2D eigenvalue weighted by molar-refractivity contribution is 5.95. The third-order valence-electron chi connectivity index (χ3n) is 6.36. The maximum Gasteiger partial charge on any atom is 0.416 e. The van der Waals surface area contributed by atoms with E-state index in [0.717, 1.165) is 17.3 Å². The number of hydrogen-bond donors (Lipinski definition) is 3. The summed E-state index contributed by atoms with van der Waals surface area (Å²) in [5.74, 6) is 0.0313. The first kappa shape index (κ1) is 23.0. The van der Waals surface area contributed by atoms with Crippen molar-refractivity contribution in [2.45, 2.75) is 31.9 Å². The molecule has 0 unspecified atom stereocenters. The Hall–Kier alpha value is -3.72. The van der Waals surface area contributed by atoms with Crippen LogP contribution in [0.1, 0.15) is 35.6 Å². The highest BCUT2D eigenvalue weighted by Gasteiger charge is 2.36. The minimum absolute atomic E-state index is 0.152. The number of alkyl halides is 3. The number of aryl methyl sites for hydroxylation is 1. The topological polar surface area (TPSA) is 82.7 Å². The van der Waals surface area contributed by atoms with Gasteiger partial charge >= 0.3 is 6.18 Å². The monoisotopic (exact) mass is 479 g/mol. The van der Waals surface area contributed by atoms with E-state index < -0.39 is 11.7 Å². The first-order valence-electron chi connectivity index (χ1n) is 11.4. The van der Waals surface area contributed by atoms with Crippen molar-refractivity contribution in [2.24, 2.45) is 0 Å². The molecular formula is C26H24F3N5O. The zero-order chi connectivity index (χ0) is 24.6. The number of piperidine rings is 1. The van der Waals surface area contributed by atoms with Crippen LogP contribution in [0.2, 0.25) is 0 Å². The van der Waals surface area contributed by atoms with E-state index in [-0.39, 0.29) is 28.4 Å². The predicted molar refractivity (Wildman–Crippen MR) is 130 cm³/mol. The summed E-state index contributed by atoms with van der Waals surface area (Å²) in [5.41, 5.74) is 1.61. The third kappa shape index (κ3) is 4.77. The summed E-state index contributed by atoms with van der Waals surface area (Å²) in [4.78, 5) is 24.2. The zero-order valence-electron chi connectivity index (χ0n) is 19.0. The molecule has 3 aromatic heterocycles. The van der Waals surface area contributed by atoms with E-state index in [2.05, 4.69) is 25.6 Å². The van der Waals surface area contributed by atoms with E-state index in [4.69, 9.17) is 0 Å². The van der Waals surface area contributed by atoms with Crippen LogP contribution in [0, 0.1) is 6.92 Å². The number of nitrogens with zero attached hydrogens (tertiary/aromatic N) is 2. The van der Waals surface area contributed by atoms with Gasteiger partial charge in [0.05, 0.1) is 16.6 Å². The fraction of sp³-hybridized carbons (Fsp3) is 0.269. The molecule has 0 saturated carbocycles. The van der Waals surface area contributed by atoms with Gasteiger partial charge in [-0.2, -0.15) is 13.2 Å². The first-order chi connectivity index (χ1) is 16.8. The number of aromatic nitrogens is 3. The summed E-state index contributed by atoms with van der Waals surface area (Å²) in [7, 11) is 0. The summed E-state index contributed by atoms with van der Waals surface area (Å²) in [6, 6.07) is 11.5. The summed E-state index contributed by atoms with van der Waals surface area (Å²) in [5, 5.41) is 7.07. The van der Waals surface area contributed by atoms with E-state index in [9.17, 15) is 18.0 Å². The normalized spacial score (nSPS) is 14.9. The Labute approximate surface area is 199 Å². The molecule has 9 heteroatoms. The number of anilines is 2. The van der Waals surface area contributed by atoms with Crippen LogP contribution < -0.4 is 16.2 Å². The van der Waals surface area contributed by atoms with Gasteiger partial charge in [-0.3, -0.25) is 9.78 Å². The fourth-order valence-corrected chi connectivity index (χ4v) is 4.58. The molecule has 4 heterocycles. The Kier molecular flexibility index (Phi) is 6.02. The minimum atomic E-state index is -4.50. The molecule has 0 spiro atoms. The molecule has 0 amide bonds. The third-order valence-corrected chi connectivity index (χ3v) is 6.36. The van der Waals surface area contributed by atoms with Crippen molar-refractivity contribution < 1.29 is 13.2 Å². The lowest BCUT2D eigenvalue weighted by Gasteiger charge is -2.26. The molecular weight excluding hydrogens is 455 g/mol. The summed E-state index contributed by atoms with van der Waals surface area (Å²) in [6.45, 7) is 3.26. The van der Waals surface area contributed by atoms with Crippen LogP contribution >= 0.6 is 0 Å². The number of rotatable bonds is 4. The molecule has 0 bridgehead atoms. The van der Waals surface area contributed by atoms with Crippen LogP contribution in [-0.4, -0.2) is 28.0 Å². The van der Waals surface area contributed by atoms with Crippen LogP contribution in [-0.2, 0) is 6.18 Å². The number of halogens is 3. The lowest BCUT2D eigenvalue weighted by molar-refractivity contribution is -0.138. The van der Waals surface area contributed by atoms with Gasteiger partial charge in [0, 0.05) is 29.3 Å². The Morgan fingerprint density at radius 2 is 1.86 bits per heavy atom. The van der Waals surface area contributed by atoms with Crippen molar-refractivity contribution in [1.29, 1.82) is 0 Å². The second kappa shape index (κ2) is 9.14. The molecule has 35 heavy (non-hydrogen) atoms. The van der Waals surface area contributed by atoms with Gasteiger partial charge in [0.15, 0.2) is 0 Å². The summed E-state index contributed by atoms with van der Waals surface area (Å²) in [6.07, 6.45) is 0.0195. The van der Waals surface area contributed by atoms with Crippen LogP contribution in [0.25, 0.3) is 22.0 Å². The van der Waals surface area contributed by atoms with Gasteiger partial charge in [0.25, 0.3) is 5.56 Å². The van der Waals surface area contributed by atoms with Gasteiger partial charge in [-0.05, 0) is 86.1 Å². The number of fused-ring (bicyclic) bond motifs is 1. The number of nitrogens with one attached hydrogen (secondary N) is 3. The first-order valence-corrected chi connectivity index (χ1v) is 11.4. The average Bonchev–Trinajstić information content (AvgIpc) is 2.84. The molecule has 4 aromatic rings. The molecule has 6 nitrogen and oxygen atoms in total. The molecule has 0 atom stereocenters. The van der Waals surface area contributed by atoms with Crippen LogP contribution in [0.4, 0.5) is 24.7 Å². The number of H-pyrrole nitrogens is 1. The fourth-order valence-electron chi connectivity index (χ4n) is 4.58. The van der Waals surface area contributed by atoms with Gasteiger partial charge < -0.3 is 15.6 Å². The van der Waals surface area contributed by atoms with E-state index in [0.29, 0.717) is 42.6 Å². The van der Waals surface area contributed by atoms with Crippen molar-refractivity contribution in [3.63, 3.8) is 0 Å². The quantitative estimate of drug-likeness (QED) is 0.359. The molecule has 1 aromatic carbocycles. The van der Waals surface area contributed by atoms with Gasteiger partial charge in [-0.25, -0.2) is 4.98 Å². The Morgan fingerprint density at radius 3 is 2.57 bits per heavy atom. The van der Waals surface area contributed by atoms with Gasteiger partial charge in [-0.15, -0.1) is 0 Å². The maximum atomic E-state index is 14.0. The largest absolute Gasteiger partial charge is 0.416 e.